The van der Waals surface area contributed by atoms with Gasteiger partial charge in [0.1, 0.15) is 11.6 Å². The van der Waals surface area contributed by atoms with Gasteiger partial charge >= 0.3 is 5.97 Å². The number of aromatic nitrogens is 3. The fourth-order valence-electron chi connectivity index (χ4n) is 3.47. The summed E-state index contributed by atoms with van der Waals surface area (Å²) in [4.78, 5) is 19.0. The van der Waals surface area contributed by atoms with Crippen LogP contribution in [0.15, 0.2) is 48.8 Å². The number of aromatic carboxylic acids is 1. The smallest absolute Gasteiger partial charge is 0.356 e. The van der Waals surface area contributed by atoms with E-state index in [0.29, 0.717) is 23.5 Å². The van der Waals surface area contributed by atoms with E-state index in [-0.39, 0.29) is 17.3 Å². The molecule has 0 unspecified atom stereocenters. The van der Waals surface area contributed by atoms with Crippen molar-refractivity contribution < 1.29 is 19.4 Å². The summed E-state index contributed by atoms with van der Waals surface area (Å²) < 4.78 is 14.6. The second-order valence-corrected chi connectivity index (χ2v) is 7.09. The van der Waals surface area contributed by atoms with Gasteiger partial charge in [0.2, 0.25) is 0 Å². The number of aromatic hydroxyl groups is 1. The van der Waals surface area contributed by atoms with Crippen molar-refractivity contribution in [3.8, 4) is 16.9 Å². The summed E-state index contributed by atoms with van der Waals surface area (Å²) in [6.07, 6.45) is 2.82. The molecule has 1 aromatic carbocycles. The molecule has 0 amide bonds. The highest BCUT2D eigenvalue weighted by Gasteiger charge is 2.19. The molecule has 1 aliphatic rings. The molecule has 0 radical (unpaired) electrons. The Labute approximate surface area is 172 Å². The largest absolute Gasteiger partial charge is 0.506 e. The summed E-state index contributed by atoms with van der Waals surface area (Å²) in [5.74, 6) is -0.810. The van der Waals surface area contributed by atoms with Crippen molar-refractivity contribution in [3.63, 3.8) is 0 Å². The number of halogens is 1. The topological polar surface area (TPSA) is 103 Å². The van der Waals surface area contributed by atoms with E-state index in [4.69, 9.17) is 5.11 Å². The third-order valence-corrected chi connectivity index (χ3v) is 5.04. The van der Waals surface area contributed by atoms with Gasteiger partial charge in [-0.15, -0.1) is 10.2 Å². The minimum atomic E-state index is -1.10. The van der Waals surface area contributed by atoms with Gasteiger partial charge in [-0.2, -0.15) is 0 Å². The maximum Gasteiger partial charge on any atom is 0.356 e. The van der Waals surface area contributed by atoms with Crippen LogP contribution in [-0.2, 0) is 6.54 Å². The molecule has 1 fully saturated rings. The van der Waals surface area contributed by atoms with Gasteiger partial charge in [0.15, 0.2) is 11.5 Å². The molecule has 0 atom stereocenters. The number of rotatable bonds is 5. The molecule has 2 aromatic heterocycles. The zero-order valence-electron chi connectivity index (χ0n) is 16.1. The number of anilines is 1. The predicted molar refractivity (Wildman–Crippen MR) is 108 cm³/mol. The number of hydrogen-bond donors (Lipinski definition) is 2. The second kappa shape index (κ2) is 8.42. The van der Waals surface area contributed by atoms with Gasteiger partial charge in [-0.05, 0) is 29.8 Å². The number of benzene rings is 1. The summed E-state index contributed by atoms with van der Waals surface area (Å²) in [5.41, 5.74) is 1.71. The van der Waals surface area contributed by atoms with E-state index in [1.165, 1.54) is 30.6 Å². The lowest BCUT2D eigenvalue weighted by atomic mass is 10.0. The van der Waals surface area contributed by atoms with Crippen molar-refractivity contribution in [2.45, 2.75) is 6.54 Å². The number of carbonyl (C=O) groups is 1. The fourth-order valence-corrected chi connectivity index (χ4v) is 3.47. The van der Waals surface area contributed by atoms with Crippen LogP contribution in [0.4, 0.5) is 10.2 Å². The first-order chi connectivity index (χ1) is 14.5. The lowest BCUT2D eigenvalue weighted by Crippen LogP contribution is -2.46. The SMILES string of the molecule is O=C(O)c1ccc(N2CCN(Cc3ccc(-c4cncc(O)c4)c(F)c3)CC2)nn1. The Morgan fingerprint density at radius 1 is 1.03 bits per heavy atom. The average molecular weight is 409 g/mol. The zero-order chi connectivity index (χ0) is 21.1. The number of hydrogen-bond acceptors (Lipinski definition) is 7. The Morgan fingerprint density at radius 2 is 1.83 bits per heavy atom. The van der Waals surface area contributed by atoms with Crippen molar-refractivity contribution in [1.82, 2.24) is 20.1 Å². The Kier molecular flexibility index (Phi) is 5.53. The summed E-state index contributed by atoms with van der Waals surface area (Å²) in [5, 5.41) is 26.2. The van der Waals surface area contributed by atoms with Gasteiger partial charge in [0, 0.05) is 50.0 Å². The second-order valence-electron chi connectivity index (χ2n) is 7.09. The Morgan fingerprint density at radius 3 is 2.47 bits per heavy atom. The van der Waals surface area contributed by atoms with Gasteiger partial charge in [-0.1, -0.05) is 12.1 Å². The first-order valence-electron chi connectivity index (χ1n) is 9.47. The molecule has 2 N–H and O–H groups in total. The maximum atomic E-state index is 14.6. The molecule has 0 spiro atoms. The molecule has 0 saturated carbocycles. The molecule has 154 valence electrons. The molecule has 0 bridgehead atoms. The molecule has 0 aliphatic carbocycles. The molecule has 30 heavy (non-hydrogen) atoms. The van der Waals surface area contributed by atoms with Crippen molar-refractivity contribution in [3.05, 3.63) is 65.9 Å². The standard InChI is InChI=1S/C21H20FN5O3/c22-18-9-14(1-2-17(18)15-10-16(28)12-23-11-15)13-26-5-7-27(8-6-26)20-4-3-19(21(29)30)24-25-20/h1-4,9-12,28H,5-8,13H2,(H,29,30). The Hall–Kier alpha value is -3.59. The fraction of sp³-hybridized carbons (Fsp3) is 0.238. The lowest BCUT2D eigenvalue weighted by Gasteiger charge is -2.35. The van der Waals surface area contributed by atoms with E-state index in [9.17, 15) is 14.3 Å². The first-order valence-corrected chi connectivity index (χ1v) is 9.47. The van der Waals surface area contributed by atoms with E-state index in [2.05, 4.69) is 20.1 Å². The first kappa shape index (κ1) is 19.7. The molecule has 4 rings (SSSR count). The van der Waals surface area contributed by atoms with E-state index < -0.39 is 5.97 Å². The number of pyridine rings is 1. The van der Waals surface area contributed by atoms with E-state index in [1.54, 1.807) is 12.1 Å². The number of nitrogens with zero attached hydrogens (tertiary/aromatic N) is 5. The molecule has 3 heterocycles. The van der Waals surface area contributed by atoms with Crippen molar-refractivity contribution in [1.29, 1.82) is 0 Å². The van der Waals surface area contributed by atoms with Gasteiger partial charge in [-0.3, -0.25) is 9.88 Å². The molecule has 1 aliphatic heterocycles. The van der Waals surface area contributed by atoms with Gasteiger partial charge < -0.3 is 15.1 Å². The molecule has 9 heteroatoms. The summed E-state index contributed by atoms with van der Waals surface area (Å²) in [6.45, 7) is 3.59. The summed E-state index contributed by atoms with van der Waals surface area (Å²) >= 11 is 0. The quantitative estimate of drug-likeness (QED) is 0.662. The number of carboxylic acid groups (broad SMARTS) is 1. The predicted octanol–water partition coefficient (Wildman–Crippen LogP) is 2.40. The highest BCUT2D eigenvalue weighted by molar-refractivity contribution is 5.85. The molecule has 8 nitrogen and oxygen atoms in total. The third kappa shape index (κ3) is 4.36. The van der Waals surface area contributed by atoms with E-state index >= 15 is 0 Å². The van der Waals surface area contributed by atoms with Crippen LogP contribution in [0.2, 0.25) is 0 Å². The Bertz CT molecular complexity index is 1050. The van der Waals surface area contributed by atoms with Crippen LogP contribution in [0.25, 0.3) is 11.1 Å². The maximum absolute atomic E-state index is 14.6. The van der Waals surface area contributed by atoms with Crippen molar-refractivity contribution in [2.75, 3.05) is 31.1 Å². The van der Waals surface area contributed by atoms with Crippen LogP contribution in [0, 0.1) is 5.82 Å². The van der Waals surface area contributed by atoms with Crippen LogP contribution in [0.5, 0.6) is 5.75 Å². The number of piperazine rings is 1. The molecular weight excluding hydrogens is 389 g/mol. The molecule has 1 saturated heterocycles. The van der Waals surface area contributed by atoms with Crippen LogP contribution in [0.1, 0.15) is 16.1 Å². The Balaban J connectivity index is 1.37. The van der Waals surface area contributed by atoms with E-state index in [0.717, 1.165) is 31.7 Å². The zero-order valence-corrected chi connectivity index (χ0v) is 16.1. The summed E-state index contributed by atoms with van der Waals surface area (Å²) in [7, 11) is 0. The summed E-state index contributed by atoms with van der Waals surface area (Å²) in [6, 6.07) is 9.69. The molecular formula is C21H20FN5O3. The van der Waals surface area contributed by atoms with Gasteiger partial charge in [0.25, 0.3) is 0 Å². The highest BCUT2D eigenvalue weighted by Crippen LogP contribution is 2.26. The minimum absolute atomic E-state index is 0.00358. The van der Waals surface area contributed by atoms with Crippen molar-refractivity contribution >= 4 is 11.8 Å². The van der Waals surface area contributed by atoms with Crippen LogP contribution in [-0.4, -0.2) is 62.4 Å². The van der Waals surface area contributed by atoms with Crippen LogP contribution in [0.3, 0.4) is 0 Å². The minimum Gasteiger partial charge on any atom is -0.506 e. The lowest BCUT2D eigenvalue weighted by molar-refractivity contribution is 0.0689. The van der Waals surface area contributed by atoms with Gasteiger partial charge in [0.05, 0.1) is 6.20 Å². The average Bonchev–Trinajstić information content (AvgIpc) is 2.74. The number of carboxylic acids is 1. The van der Waals surface area contributed by atoms with Crippen molar-refractivity contribution in [2.24, 2.45) is 0 Å². The molecule has 3 aromatic rings. The van der Waals surface area contributed by atoms with Crippen LogP contribution < -0.4 is 4.90 Å². The monoisotopic (exact) mass is 409 g/mol. The normalized spacial score (nSPS) is 14.6. The van der Waals surface area contributed by atoms with Crippen LogP contribution >= 0.6 is 0 Å². The highest BCUT2D eigenvalue weighted by atomic mass is 19.1. The van der Waals surface area contributed by atoms with E-state index in [1.807, 2.05) is 11.0 Å². The van der Waals surface area contributed by atoms with Gasteiger partial charge in [-0.25, -0.2) is 9.18 Å². The third-order valence-electron chi connectivity index (χ3n) is 5.04.